The Morgan fingerprint density at radius 2 is 1.84 bits per heavy atom. The van der Waals surface area contributed by atoms with E-state index < -0.39 is 11.9 Å². The maximum Gasteiger partial charge on any atom is 0.123 e. The van der Waals surface area contributed by atoms with Gasteiger partial charge in [-0.3, -0.25) is 0 Å². The minimum Gasteiger partial charge on any atom is -0.388 e. The van der Waals surface area contributed by atoms with E-state index >= 15 is 0 Å². The second-order valence-corrected chi connectivity index (χ2v) is 5.21. The second kappa shape index (κ2) is 5.72. The predicted octanol–water partition coefficient (Wildman–Crippen LogP) is 4.37. The molecule has 0 fully saturated rings. The first-order chi connectivity index (χ1) is 8.97. The number of benzene rings is 2. The van der Waals surface area contributed by atoms with Crippen LogP contribution in [0.2, 0.25) is 5.02 Å². The van der Waals surface area contributed by atoms with Gasteiger partial charge in [-0.1, -0.05) is 29.8 Å². The Labute approximate surface area is 117 Å². The lowest BCUT2D eigenvalue weighted by molar-refractivity contribution is 0.178. The van der Waals surface area contributed by atoms with Crippen LogP contribution >= 0.6 is 11.6 Å². The van der Waals surface area contributed by atoms with E-state index in [1.165, 1.54) is 29.3 Å². The van der Waals surface area contributed by atoms with Crippen molar-refractivity contribution >= 4 is 11.6 Å². The van der Waals surface area contributed by atoms with Crippen LogP contribution in [0, 0.1) is 19.7 Å². The van der Waals surface area contributed by atoms with Gasteiger partial charge in [0.15, 0.2) is 0 Å². The number of hydrogen-bond acceptors (Lipinski definition) is 1. The normalized spacial score (nSPS) is 12.5. The van der Waals surface area contributed by atoms with Gasteiger partial charge in [0, 0.05) is 17.0 Å². The minimum absolute atomic E-state index is 0.387. The number of hydrogen-bond donors (Lipinski definition) is 1. The van der Waals surface area contributed by atoms with Crippen LogP contribution in [0.3, 0.4) is 0 Å². The fourth-order valence-electron chi connectivity index (χ4n) is 2.03. The summed E-state index contributed by atoms with van der Waals surface area (Å²) in [6, 6.07) is 10.1. The Balaban J connectivity index is 2.22. The van der Waals surface area contributed by atoms with Crippen molar-refractivity contribution < 1.29 is 9.50 Å². The van der Waals surface area contributed by atoms with Crippen LogP contribution in [-0.4, -0.2) is 5.11 Å². The Morgan fingerprint density at radius 3 is 2.53 bits per heavy atom. The van der Waals surface area contributed by atoms with Gasteiger partial charge in [-0.05, 0) is 48.7 Å². The van der Waals surface area contributed by atoms with Gasteiger partial charge >= 0.3 is 0 Å². The van der Waals surface area contributed by atoms with Gasteiger partial charge in [0.2, 0.25) is 0 Å². The van der Waals surface area contributed by atoms with Gasteiger partial charge in [0.1, 0.15) is 5.82 Å². The Bertz CT molecular complexity index is 595. The van der Waals surface area contributed by atoms with Crippen molar-refractivity contribution in [2.45, 2.75) is 26.4 Å². The average molecular weight is 279 g/mol. The molecule has 19 heavy (non-hydrogen) atoms. The molecule has 100 valence electrons. The third-order valence-corrected chi connectivity index (χ3v) is 3.66. The van der Waals surface area contributed by atoms with Crippen molar-refractivity contribution in [1.29, 1.82) is 0 Å². The summed E-state index contributed by atoms with van der Waals surface area (Å²) < 4.78 is 13.2. The van der Waals surface area contributed by atoms with Crippen LogP contribution in [0.4, 0.5) is 4.39 Å². The summed E-state index contributed by atoms with van der Waals surface area (Å²) in [6.45, 7) is 4.07. The molecule has 0 aliphatic rings. The van der Waals surface area contributed by atoms with Crippen LogP contribution in [0.1, 0.15) is 28.4 Å². The highest BCUT2D eigenvalue weighted by atomic mass is 35.5. The summed E-state index contributed by atoms with van der Waals surface area (Å²) in [5, 5.41) is 10.6. The highest BCUT2D eigenvalue weighted by molar-refractivity contribution is 6.31. The van der Waals surface area contributed by atoms with Crippen molar-refractivity contribution in [2.75, 3.05) is 0 Å². The maximum atomic E-state index is 13.2. The van der Waals surface area contributed by atoms with Crippen molar-refractivity contribution in [3.05, 3.63) is 69.5 Å². The van der Waals surface area contributed by atoms with Gasteiger partial charge < -0.3 is 5.11 Å². The molecule has 0 heterocycles. The van der Waals surface area contributed by atoms with Crippen LogP contribution < -0.4 is 0 Å². The van der Waals surface area contributed by atoms with Gasteiger partial charge in [-0.25, -0.2) is 4.39 Å². The molecule has 1 nitrogen and oxygen atoms in total. The van der Waals surface area contributed by atoms with E-state index in [1.807, 2.05) is 32.0 Å². The third-order valence-electron chi connectivity index (χ3n) is 3.32. The summed E-state index contributed by atoms with van der Waals surface area (Å²) in [5.74, 6) is -0.390. The molecule has 1 N–H and O–H groups in total. The molecule has 2 aromatic rings. The van der Waals surface area contributed by atoms with Crippen molar-refractivity contribution in [2.24, 2.45) is 0 Å². The molecule has 1 unspecified atom stereocenters. The zero-order chi connectivity index (χ0) is 14.0. The number of halogens is 2. The van der Waals surface area contributed by atoms with Gasteiger partial charge in [-0.2, -0.15) is 0 Å². The first-order valence-corrected chi connectivity index (χ1v) is 6.54. The van der Waals surface area contributed by atoms with E-state index in [4.69, 9.17) is 11.6 Å². The number of aliphatic hydroxyl groups excluding tert-OH is 1. The lowest BCUT2D eigenvalue weighted by Gasteiger charge is -2.14. The van der Waals surface area contributed by atoms with Crippen molar-refractivity contribution in [3.8, 4) is 0 Å². The van der Waals surface area contributed by atoms with Crippen LogP contribution in [0.25, 0.3) is 0 Å². The summed E-state index contributed by atoms with van der Waals surface area (Å²) in [5.41, 5.74) is 3.83. The smallest absolute Gasteiger partial charge is 0.123 e. The highest BCUT2D eigenvalue weighted by Gasteiger charge is 2.13. The largest absolute Gasteiger partial charge is 0.388 e. The molecule has 0 bridgehead atoms. The zero-order valence-electron chi connectivity index (χ0n) is 11.0. The van der Waals surface area contributed by atoms with Gasteiger partial charge in [0.05, 0.1) is 6.10 Å². The molecule has 0 aliphatic heterocycles. The zero-order valence-corrected chi connectivity index (χ0v) is 11.7. The van der Waals surface area contributed by atoms with Gasteiger partial charge in [-0.15, -0.1) is 0 Å². The molecule has 2 aromatic carbocycles. The predicted molar refractivity (Wildman–Crippen MR) is 76.0 cm³/mol. The minimum atomic E-state index is -0.801. The fraction of sp³-hybridized carbons (Fsp3) is 0.250. The molecular formula is C16H16ClFO. The lowest BCUT2D eigenvalue weighted by atomic mass is 9.98. The molecule has 2 rings (SSSR count). The molecule has 3 heteroatoms. The maximum absolute atomic E-state index is 13.2. The Hall–Kier alpha value is -1.38. The average Bonchev–Trinajstić information content (AvgIpc) is 2.36. The van der Waals surface area contributed by atoms with Gasteiger partial charge in [0.25, 0.3) is 0 Å². The Kier molecular flexibility index (Phi) is 4.23. The lowest BCUT2D eigenvalue weighted by Crippen LogP contribution is -2.03. The monoisotopic (exact) mass is 278 g/mol. The number of aliphatic hydroxyl groups is 1. The first-order valence-electron chi connectivity index (χ1n) is 6.16. The van der Waals surface area contributed by atoms with E-state index in [0.717, 1.165) is 5.56 Å². The van der Waals surface area contributed by atoms with E-state index in [2.05, 4.69) is 0 Å². The van der Waals surface area contributed by atoms with Crippen LogP contribution in [0.5, 0.6) is 0 Å². The highest BCUT2D eigenvalue weighted by Crippen LogP contribution is 2.27. The molecule has 0 amide bonds. The SMILES string of the molecule is Cc1ccc(CC(O)c2cc(F)ccc2Cl)cc1C. The quantitative estimate of drug-likeness (QED) is 0.884. The molecule has 0 spiro atoms. The second-order valence-electron chi connectivity index (χ2n) is 4.80. The van der Waals surface area contributed by atoms with E-state index in [-0.39, 0.29) is 0 Å². The number of aryl methyl sites for hydroxylation is 2. The summed E-state index contributed by atoms with van der Waals surface area (Å²) in [4.78, 5) is 0. The van der Waals surface area contributed by atoms with Crippen molar-refractivity contribution in [1.82, 2.24) is 0 Å². The van der Waals surface area contributed by atoms with E-state index in [9.17, 15) is 9.50 Å². The van der Waals surface area contributed by atoms with Crippen LogP contribution in [-0.2, 0) is 6.42 Å². The summed E-state index contributed by atoms with van der Waals surface area (Å²) in [6.07, 6.45) is -0.380. The molecule has 0 saturated heterocycles. The van der Waals surface area contributed by atoms with Crippen LogP contribution in [0.15, 0.2) is 36.4 Å². The molecule has 1 atom stereocenters. The fourth-order valence-corrected chi connectivity index (χ4v) is 2.28. The first kappa shape index (κ1) is 14.0. The standard InChI is InChI=1S/C16H16ClFO/c1-10-3-4-12(7-11(10)2)8-16(19)14-9-13(18)5-6-15(14)17/h3-7,9,16,19H,8H2,1-2H3. The molecule has 0 saturated carbocycles. The molecular weight excluding hydrogens is 263 g/mol. The molecule has 0 aliphatic carbocycles. The number of rotatable bonds is 3. The summed E-state index contributed by atoms with van der Waals surface area (Å²) >= 11 is 5.99. The molecule has 0 aromatic heterocycles. The Morgan fingerprint density at radius 1 is 1.11 bits per heavy atom. The topological polar surface area (TPSA) is 20.2 Å². The third kappa shape index (κ3) is 3.34. The van der Waals surface area contributed by atoms with E-state index in [0.29, 0.717) is 17.0 Å². The molecule has 0 radical (unpaired) electrons. The summed E-state index contributed by atoms with van der Waals surface area (Å²) in [7, 11) is 0. The van der Waals surface area contributed by atoms with E-state index in [1.54, 1.807) is 0 Å². The van der Waals surface area contributed by atoms with Crippen molar-refractivity contribution in [3.63, 3.8) is 0 Å².